The van der Waals surface area contributed by atoms with Crippen molar-refractivity contribution < 1.29 is 18.3 Å². The van der Waals surface area contributed by atoms with E-state index in [0.717, 1.165) is 12.1 Å². The Morgan fingerprint density at radius 2 is 1.76 bits per heavy atom. The summed E-state index contributed by atoms with van der Waals surface area (Å²) >= 11 is 11.6. The number of carboxylic acids is 1. The second-order valence-corrected chi connectivity index (χ2v) is 6.37. The molecular weight excluding hydrogens is 339 g/mol. The summed E-state index contributed by atoms with van der Waals surface area (Å²) in [6.45, 7) is 0. The Labute approximate surface area is 130 Å². The van der Waals surface area contributed by atoms with Crippen LogP contribution >= 0.6 is 23.2 Å². The average Bonchev–Trinajstić information content (AvgIpc) is 2.38. The van der Waals surface area contributed by atoms with Crippen LogP contribution in [0.4, 0.5) is 5.69 Å². The van der Waals surface area contributed by atoms with Gasteiger partial charge in [0.1, 0.15) is 4.90 Å². The van der Waals surface area contributed by atoms with Gasteiger partial charge in [-0.1, -0.05) is 23.2 Å². The normalized spacial score (nSPS) is 11.1. The van der Waals surface area contributed by atoms with E-state index in [1.54, 1.807) is 0 Å². The standard InChI is InChI=1S/C12H8Cl2N2O4S/c13-9-6-10(14)11(5-8(9)12(17)18)21(19,20)16-7-1-3-15-4-2-7/h1-6H,(H,15,16)(H,17,18). The minimum Gasteiger partial charge on any atom is -0.478 e. The summed E-state index contributed by atoms with van der Waals surface area (Å²) in [5.74, 6) is -1.35. The van der Waals surface area contributed by atoms with Gasteiger partial charge in [0.15, 0.2) is 0 Å². The summed E-state index contributed by atoms with van der Waals surface area (Å²) in [6, 6.07) is 4.88. The molecule has 0 amide bonds. The first kappa shape index (κ1) is 15.6. The zero-order valence-electron chi connectivity index (χ0n) is 10.2. The zero-order chi connectivity index (χ0) is 15.6. The van der Waals surface area contributed by atoms with Crippen LogP contribution in [0.25, 0.3) is 0 Å². The summed E-state index contributed by atoms with van der Waals surface area (Å²) in [4.78, 5) is 14.4. The van der Waals surface area contributed by atoms with Crippen molar-refractivity contribution in [2.45, 2.75) is 4.90 Å². The molecule has 6 nitrogen and oxygen atoms in total. The minimum absolute atomic E-state index is 0.143. The summed E-state index contributed by atoms with van der Waals surface area (Å²) in [6.07, 6.45) is 2.81. The molecule has 1 aromatic carbocycles. The lowest BCUT2D eigenvalue weighted by atomic mass is 10.2. The molecular formula is C12H8Cl2N2O4S. The third-order valence-corrected chi connectivity index (χ3v) is 4.63. The van der Waals surface area contributed by atoms with Crippen molar-refractivity contribution in [3.05, 3.63) is 52.3 Å². The van der Waals surface area contributed by atoms with Crippen LogP contribution in [0.2, 0.25) is 10.0 Å². The highest BCUT2D eigenvalue weighted by atomic mass is 35.5. The lowest BCUT2D eigenvalue weighted by molar-refractivity contribution is 0.0697. The van der Waals surface area contributed by atoms with Crippen molar-refractivity contribution in [2.75, 3.05) is 4.72 Å². The van der Waals surface area contributed by atoms with E-state index in [9.17, 15) is 13.2 Å². The van der Waals surface area contributed by atoms with Crippen molar-refractivity contribution in [3.63, 3.8) is 0 Å². The molecule has 0 saturated heterocycles. The molecule has 0 aliphatic heterocycles. The van der Waals surface area contributed by atoms with Gasteiger partial charge < -0.3 is 5.11 Å². The smallest absolute Gasteiger partial charge is 0.337 e. The van der Waals surface area contributed by atoms with Crippen molar-refractivity contribution in [1.29, 1.82) is 0 Å². The predicted molar refractivity (Wildman–Crippen MR) is 78.5 cm³/mol. The third-order valence-electron chi connectivity index (χ3n) is 2.47. The fourth-order valence-electron chi connectivity index (χ4n) is 1.53. The van der Waals surface area contributed by atoms with Crippen molar-refractivity contribution in [3.8, 4) is 0 Å². The van der Waals surface area contributed by atoms with Gasteiger partial charge in [-0.15, -0.1) is 0 Å². The molecule has 0 fully saturated rings. The number of anilines is 1. The predicted octanol–water partition coefficient (Wildman–Crippen LogP) is 2.89. The van der Waals surface area contributed by atoms with Crippen LogP contribution in [0.1, 0.15) is 10.4 Å². The molecule has 2 rings (SSSR count). The van der Waals surface area contributed by atoms with E-state index in [1.807, 2.05) is 0 Å². The van der Waals surface area contributed by atoms with Gasteiger partial charge in [-0.3, -0.25) is 9.71 Å². The zero-order valence-corrected chi connectivity index (χ0v) is 12.6. The van der Waals surface area contributed by atoms with Gasteiger partial charge in [0, 0.05) is 12.4 Å². The molecule has 21 heavy (non-hydrogen) atoms. The van der Waals surface area contributed by atoms with Crippen LogP contribution in [0.15, 0.2) is 41.6 Å². The number of aromatic carboxylic acids is 1. The molecule has 0 unspecified atom stereocenters. The van der Waals surface area contributed by atoms with E-state index in [-0.39, 0.29) is 26.2 Å². The first-order valence-corrected chi connectivity index (χ1v) is 7.70. The largest absolute Gasteiger partial charge is 0.478 e. The second kappa shape index (κ2) is 5.88. The number of nitrogens with one attached hydrogen (secondary N) is 1. The van der Waals surface area contributed by atoms with Gasteiger partial charge in [-0.25, -0.2) is 13.2 Å². The van der Waals surface area contributed by atoms with E-state index >= 15 is 0 Å². The Morgan fingerprint density at radius 1 is 1.14 bits per heavy atom. The third kappa shape index (κ3) is 3.44. The lowest BCUT2D eigenvalue weighted by Crippen LogP contribution is -2.14. The number of hydrogen-bond acceptors (Lipinski definition) is 4. The monoisotopic (exact) mass is 346 g/mol. The highest BCUT2D eigenvalue weighted by molar-refractivity contribution is 7.92. The van der Waals surface area contributed by atoms with Gasteiger partial charge >= 0.3 is 5.97 Å². The van der Waals surface area contributed by atoms with Crippen molar-refractivity contribution in [2.24, 2.45) is 0 Å². The average molecular weight is 347 g/mol. The fourth-order valence-corrected chi connectivity index (χ4v) is 3.44. The number of carboxylic acid groups (broad SMARTS) is 1. The molecule has 0 aliphatic carbocycles. The molecule has 0 saturated carbocycles. The highest BCUT2D eigenvalue weighted by Gasteiger charge is 2.22. The number of carbonyl (C=O) groups is 1. The van der Waals surface area contributed by atoms with Crippen LogP contribution in [-0.2, 0) is 10.0 Å². The fraction of sp³-hybridized carbons (Fsp3) is 0. The van der Waals surface area contributed by atoms with Gasteiger partial charge in [0.25, 0.3) is 10.0 Å². The number of halogens is 2. The van der Waals surface area contributed by atoms with Crippen molar-refractivity contribution >= 4 is 44.9 Å². The molecule has 0 radical (unpaired) electrons. The maximum Gasteiger partial charge on any atom is 0.337 e. The molecule has 0 spiro atoms. The summed E-state index contributed by atoms with van der Waals surface area (Å²) in [5, 5.41) is 8.67. The number of sulfonamides is 1. The molecule has 110 valence electrons. The van der Waals surface area contributed by atoms with E-state index in [2.05, 4.69) is 9.71 Å². The van der Waals surface area contributed by atoms with E-state index in [4.69, 9.17) is 28.3 Å². The highest BCUT2D eigenvalue weighted by Crippen LogP contribution is 2.29. The van der Waals surface area contributed by atoms with Crippen LogP contribution in [-0.4, -0.2) is 24.5 Å². The van der Waals surface area contributed by atoms with E-state index in [0.29, 0.717) is 0 Å². The van der Waals surface area contributed by atoms with Crippen LogP contribution in [0.5, 0.6) is 0 Å². The van der Waals surface area contributed by atoms with Gasteiger partial charge in [0.2, 0.25) is 0 Å². The summed E-state index contributed by atoms with van der Waals surface area (Å²) in [5.41, 5.74) is -0.0796. The number of nitrogens with zero attached hydrogens (tertiary/aromatic N) is 1. The second-order valence-electron chi connectivity index (χ2n) is 3.91. The Kier molecular flexibility index (Phi) is 4.36. The SMILES string of the molecule is O=C(O)c1cc(S(=O)(=O)Nc2ccncc2)c(Cl)cc1Cl. The molecule has 0 aliphatic rings. The maximum atomic E-state index is 12.3. The first-order valence-electron chi connectivity index (χ1n) is 5.46. The maximum absolute atomic E-state index is 12.3. The van der Waals surface area contributed by atoms with Crippen LogP contribution in [0, 0.1) is 0 Å². The number of rotatable bonds is 4. The quantitative estimate of drug-likeness (QED) is 0.887. The minimum atomic E-state index is -4.05. The summed E-state index contributed by atoms with van der Waals surface area (Å²) < 4.78 is 26.8. The molecule has 2 aromatic rings. The van der Waals surface area contributed by atoms with Gasteiger partial charge in [-0.2, -0.15) is 0 Å². The molecule has 1 aromatic heterocycles. The van der Waals surface area contributed by atoms with Gasteiger partial charge in [0.05, 0.1) is 21.3 Å². The van der Waals surface area contributed by atoms with Crippen LogP contribution < -0.4 is 4.72 Å². The number of hydrogen-bond donors (Lipinski definition) is 2. The molecule has 0 bridgehead atoms. The molecule has 2 N–H and O–H groups in total. The lowest BCUT2D eigenvalue weighted by Gasteiger charge is -2.10. The first-order chi connectivity index (χ1) is 9.81. The van der Waals surface area contributed by atoms with Crippen molar-refractivity contribution in [1.82, 2.24) is 4.98 Å². The molecule has 1 heterocycles. The summed E-state index contributed by atoms with van der Waals surface area (Å²) in [7, 11) is -4.05. The van der Waals surface area contributed by atoms with Gasteiger partial charge in [-0.05, 0) is 24.3 Å². The Balaban J connectivity index is 2.50. The van der Waals surface area contributed by atoms with E-state index in [1.165, 1.54) is 24.5 Å². The molecule has 9 heteroatoms. The molecule has 0 atom stereocenters. The van der Waals surface area contributed by atoms with E-state index < -0.39 is 16.0 Å². The topological polar surface area (TPSA) is 96.4 Å². The Morgan fingerprint density at radius 3 is 2.33 bits per heavy atom. The number of aromatic nitrogens is 1. The Hall–Kier alpha value is -1.83. The van der Waals surface area contributed by atoms with Crippen LogP contribution in [0.3, 0.4) is 0 Å². The number of benzene rings is 1. The Bertz CT molecular complexity index is 794. The number of pyridine rings is 1.